The van der Waals surface area contributed by atoms with Gasteiger partial charge in [-0.2, -0.15) is 17.6 Å². The number of aldehydes is 1. The van der Waals surface area contributed by atoms with E-state index in [2.05, 4.69) is 9.47 Å². The van der Waals surface area contributed by atoms with E-state index in [0.717, 1.165) is 102 Å². The second-order valence-corrected chi connectivity index (χ2v) is 23.3. The molecule has 4 aliphatic rings. The van der Waals surface area contributed by atoms with Gasteiger partial charge in [0.1, 0.15) is 18.5 Å². The predicted octanol–water partition coefficient (Wildman–Crippen LogP) is 9.30. The summed E-state index contributed by atoms with van der Waals surface area (Å²) in [6.45, 7) is 5.66. The fraction of sp³-hybridized carbons (Fsp3) is 0.661. The molecule has 4 fully saturated rings. The van der Waals surface area contributed by atoms with E-state index in [1.165, 1.54) is 89.8 Å². The zero-order valence-corrected chi connectivity index (χ0v) is 52.6. The number of carbonyl (C=O) groups is 7. The van der Waals surface area contributed by atoms with Gasteiger partial charge in [-0.1, -0.05) is 105 Å². The minimum absolute atomic E-state index is 0. The largest absolute Gasteiger partial charge is 1.00 e. The van der Waals surface area contributed by atoms with Gasteiger partial charge < -0.3 is 48.6 Å². The summed E-state index contributed by atoms with van der Waals surface area (Å²) < 4.78 is 106. The van der Waals surface area contributed by atoms with Crippen molar-refractivity contribution in [2.45, 2.75) is 191 Å². The monoisotopic (exact) mass is 1270 g/mol. The maximum absolute atomic E-state index is 14.9. The van der Waals surface area contributed by atoms with Gasteiger partial charge in [-0.25, -0.2) is 0 Å². The number of halogens is 4. The maximum Gasteiger partial charge on any atom is 1.00 e. The van der Waals surface area contributed by atoms with E-state index < -0.39 is 61.9 Å². The second-order valence-electron chi connectivity index (χ2n) is 21.4. The Labute approximate surface area is 528 Å². The standard InChI is InChI=1S/C30H40F2O7.C21H34O7.C11H13F2O2P.Li.H2O2.O2.H/c1-21(33)38-25-20-26(39-29-16-10-11-19-37-29)24(23(25)14-8-3-4-9-15-28(35)36-2)17-18-27(34)30(31,32)22-12-6-5-7-13-22;1-15(23)27-18-13-19(28-21-11-7-8-12-26-21)17(14-22)16(18)9-5-3-4-6-10-20(24)25-2;1-15-16(2)8-10(14)11(12,13)9-6-4-3-5-7-9;;2*1-2;/h5-7,12-13,17-18,23-26,29H,3-4,8-11,14-16,19-20H2,1-2H3;14,16-19,21H,3-13H2,1-2H3;3-7H,8H2,1-2H3;;1-2H;;/q;;;+1;;;-1/b18-17+;;;;;;/t23-,24-,25+,26-,29?;16-,17-,18+,19-,21?;;;;;/m11...../s1. The van der Waals surface area contributed by atoms with Crippen LogP contribution in [0, 0.1) is 33.6 Å². The Morgan fingerprint density at radius 2 is 1.02 bits per heavy atom. The number of benzene rings is 2. The van der Waals surface area contributed by atoms with Crippen LogP contribution in [0.5, 0.6) is 0 Å². The topological polar surface area (TPSA) is 277 Å². The van der Waals surface area contributed by atoms with Crippen LogP contribution in [0.15, 0.2) is 72.8 Å². The molecule has 88 heavy (non-hydrogen) atoms. The van der Waals surface area contributed by atoms with Gasteiger partial charge in [0.25, 0.3) is 0 Å². The van der Waals surface area contributed by atoms with Gasteiger partial charge in [-0.3, -0.25) is 39.3 Å². The molecule has 0 spiro atoms. The molecule has 2 N–H and O–H groups in total. The summed E-state index contributed by atoms with van der Waals surface area (Å²) in [5.41, 5.74) is -0.629. The molecule has 2 aliphatic carbocycles. The van der Waals surface area contributed by atoms with E-state index in [0.29, 0.717) is 51.7 Å². The van der Waals surface area contributed by atoms with Gasteiger partial charge in [-0.15, -0.1) is 0 Å². The molecule has 492 valence electrons. The number of allylic oxidation sites excluding steroid dienone is 1. The summed E-state index contributed by atoms with van der Waals surface area (Å²) in [7, 11) is 3.07. The fourth-order valence-electron chi connectivity index (χ4n) is 10.9. The zero-order chi connectivity index (χ0) is 64.8. The van der Waals surface area contributed by atoms with Crippen LogP contribution in [0.2, 0.25) is 0 Å². The Morgan fingerprint density at radius 1 is 0.614 bits per heavy atom. The Balaban J connectivity index is 0.00000135. The van der Waals surface area contributed by atoms with Crippen LogP contribution in [0.3, 0.4) is 0 Å². The first kappa shape index (κ1) is 81.1. The molecule has 3 unspecified atom stereocenters. The molecule has 2 aromatic rings. The van der Waals surface area contributed by atoms with Crippen LogP contribution < -0.4 is 18.9 Å². The summed E-state index contributed by atoms with van der Waals surface area (Å²) >= 11 is 0. The molecule has 0 bridgehead atoms. The molecule has 0 amide bonds. The average Bonchev–Trinajstić information content (AvgIpc) is 1.85. The van der Waals surface area contributed by atoms with E-state index in [1.54, 1.807) is 18.8 Å². The first-order chi connectivity index (χ1) is 41.7. The molecule has 6 rings (SSSR count). The SMILES string of the molecule is COC(=O)CCCCCC[C@@H]1[C@@H](/C=C/C(=O)C(F)(F)c2ccccc2)[C@H](OC2CCCCO2)C[C@@H]1OC(C)=O.COC(=O)CCCCCC[C@@H]1[C@@H](C=O)[C@H](OC2CCCCO2)C[C@@H]1OC(C)=O.COP(C)CC(=O)C(F)(F)c1ccccc1.O=O.OO.[H-].[Li+]. The number of hydrogen-bond acceptors (Lipinski definition) is 20. The second kappa shape index (κ2) is 45.4. The van der Waals surface area contributed by atoms with Gasteiger partial charge in [0.15, 0.2) is 12.6 Å². The number of methoxy groups -OCH3 is 2. The third-order valence-electron chi connectivity index (χ3n) is 15.3. The van der Waals surface area contributed by atoms with E-state index in [9.17, 15) is 51.1 Å². The van der Waals surface area contributed by atoms with Crippen LogP contribution in [0.25, 0.3) is 0 Å². The number of unbranched alkanes of at least 4 members (excludes halogenated alkanes) is 6. The van der Waals surface area contributed by atoms with Crippen LogP contribution in [-0.4, -0.2) is 137 Å². The molecule has 2 aromatic carbocycles. The Morgan fingerprint density at radius 3 is 1.41 bits per heavy atom. The van der Waals surface area contributed by atoms with Gasteiger partial charge in [0, 0.05) is 113 Å². The van der Waals surface area contributed by atoms with Crippen molar-refractivity contribution in [2.75, 3.05) is 47.4 Å². The first-order valence-electron chi connectivity index (χ1n) is 29.5. The van der Waals surface area contributed by atoms with Gasteiger partial charge in [0.05, 0.1) is 32.6 Å². The molecule has 0 radical (unpaired) electrons. The predicted molar refractivity (Wildman–Crippen MR) is 314 cm³/mol. The Hall–Kier alpha value is -4.86. The Kier molecular flexibility index (Phi) is 41.9. The molecule has 0 aromatic heterocycles. The summed E-state index contributed by atoms with van der Waals surface area (Å²) in [5.74, 6) is -11.6. The summed E-state index contributed by atoms with van der Waals surface area (Å²) in [6, 6.07) is 14.1. The molecule has 2 saturated carbocycles. The van der Waals surface area contributed by atoms with Crippen LogP contribution in [0.1, 0.15) is 155 Å². The normalized spacial score (nSPS) is 23.4. The molecule has 11 atom stereocenters. The number of Topliss-reactive ketones (excluding diaryl/α,β-unsaturated/α-hetero) is 1. The summed E-state index contributed by atoms with van der Waals surface area (Å²) in [4.78, 5) is 95.8. The van der Waals surface area contributed by atoms with Crippen LogP contribution in [-0.2, 0) is 87.8 Å². The van der Waals surface area contributed by atoms with E-state index in [4.69, 9.17) is 53.4 Å². The van der Waals surface area contributed by atoms with Crippen molar-refractivity contribution in [1.29, 1.82) is 0 Å². The van der Waals surface area contributed by atoms with Crippen LogP contribution in [0.4, 0.5) is 17.6 Å². The van der Waals surface area contributed by atoms with Crippen molar-refractivity contribution in [1.82, 2.24) is 0 Å². The third kappa shape index (κ3) is 29.0. The van der Waals surface area contributed by atoms with Crippen molar-refractivity contribution in [2.24, 2.45) is 23.7 Å². The quantitative estimate of drug-likeness (QED) is 0.00704. The smallest absolute Gasteiger partial charge is 1.00 e. The van der Waals surface area contributed by atoms with Crippen molar-refractivity contribution in [3.63, 3.8) is 0 Å². The van der Waals surface area contributed by atoms with Gasteiger partial charge in [-0.05, 0) is 76.9 Å². The molecular formula is C62H90F4LiO20P. The minimum Gasteiger partial charge on any atom is -1.00 e. The number of esters is 4. The summed E-state index contributed by atoms with van der Waals surface area (Å²) in [6.07, 6.45) is 16.6. The van der Waals surface area contributed by atoms with E-state index in [1.807, 2.05) is 0 Å². The van der Waals surface area contributed by atoms with Crippen molar-refractivity contribution >= 4 is 49.9 Å². The molecule has 20 nitrogen and oxygen atoms in total. The number of alkyl halides is 4. The fourth-order valence-corrected chi connectivity index (χ4v) is 11.6. The Bertz CT molecular complexity index is 2340. The summed E-state index contributed by atoms with van der Waals surface area (Å²) in [5, 5.41) is 12.0. The number of rotatable bonds is 30. The molecule has 2 saturated heterocycles. The van der Waals surface area contributed by atoms with Gasteiger partial charge in [0.2, 0.25) is 11.6 Å². The van der Waals surface area contributed by atoms with Gasteiger partial charge >= 0.3 is 54.6 Å². The number of ketones is 2. The van der Waals surface area contributed by atoms with E-state index >= 15 is 0 Å². The van der Waals surface area contributed by atoms with Crippen molar-refractivity contribution in [3.05, 3.63) is 93.9 Å². The number of carbonyl (C=O) groups excluding carboxylic acids is 7. The molecule has 2 aliphatic heterocycles. The van der Waals surface area contributed by atoms with Crippen LogP contribution >= 0.6 is 8.15 Å². The molecule has 26 heteroatoms. The molecule has 2 heterocycles. The zero-order valence-electron chi connectivity index (χ0n) is 52.7. The van der Waals surface area contributed by atoms with Crippen molar-refractivity contribution in [3.8, 4) is 0 Å². The average molecular weight is 1270 g/mol. The third-order valence-corrected chi connectivity index (χ3v) is 16.7. The number of ether oxygens (including phenoxy) is 8. The minimum atomic E-state index is -3.66. The van der Waals surface area contributed by atoms with E-state index in [-0.39, 0.29) is 91.7 Å². The molecular weight excluding hydrogens is 1180 g/mol. The maximum atomic E-state index is 14.9. The first-order valence-corrected chi connectivity index (χ1v) is 31.4. The number of hydrogen-bond donors (Lipinski definition) is 2. The van der Waals surface area contributed by atoms with Crippen molar-refractivity contribution < 1.29 is 124 Å².